The number of carbonyl (C=O) groups is 1. The van der Waals surface area contributed by atoms with Gasteiger partial charge in [-0.25, -0.2) is 4.79 Å². The molecule has 0 aliphatic carbocycles. The number of ether oxygens (including phenoxy) is 2. The Bertz CT molecular complexity index is 707. The van der Waals surface area contributed by atoms with Crippen LogP contribution in [0, 0.1) is 11.3 Å². The van der Waals surface area contributed by atoms with Gasteiger partial charge in [0.15, 0.2) is 0 Å². The van der Waals surface area contributed by atoms with Crippen molar-refractivity contribution >= 4 is 17.6 Å². The van der Waals surface area contributed by atoms with E-state index in [9.17, 15) is 4.79 Å². The van der Waals surface area contributed by atoms with Gasteiger partial charge in [-0.2, -0.15) is 5.26 Å². The molecule has 5 heteroatoms. The summed E-state index contributed by atoms with van der Waals surface area (Å²) in [5, 5.41) is 9.15. The average molecular weight is 302 g/mol. The number of hydrogen-bond acceptors (Lipinski definition) is 4. The second-order valence-electron chi connectivity index (χ2n) is 4.19. The third kappa shape index (κ3) is 3.53. The average Bonchev–Trinajstić information content (AvgIpc) is 2.52. The lowest BCUT2D eigenvalue weighted by Gasteiger charge is -2.10. The van der Waals surface area contributed by atoms with E-state index in [0.29, 0.717) is 27.5 Å². The molecule has 0 N–H and O–H groups in total. The van der Waals surface area contributed by atoms with Crippen LogP contribution in [0.1, 0.15) is 21.5 Å². The Morgan fingerprint density at radius 2 is 2.05 bits per heavy atom. The number of hydrogen-bond donors (Lipinski definition) is 0. The van der Waals surface area contributed by atoms with E-state index in [1.54, 1.807) is 36.4 Å². The van der Waals surface area contributed by atoms with Crippen molar-refractivity contribution in [2.24, 2.45) is 0 Å². The first-order valence-corrected chi connectivity index (χ1v) is 6.52. The predicted molar refractivity (Wildman–Crippen MR) is 78.3 cm³/mol. The molecule has 2 rings (SSSR count). The van der Waals surface area contributed by atoms with Crippen molar-refractivity contribution in [3.8, 4) is 11.8 Å². The summed E-state index contributed by atoms with van der Waals surface area (Å²) >= 11 is 5.94. The summed E-state index contributed by atoms with van der Waals surface area (Å²) in [7, 11) is 1.33. The van der Waals surface area contributed by atoms with Crippen LogP contribution in [0.25, 0.3) is 0 Å². The molecule has 0 unspecified atom stereocenters. The van der Waals surface area contributed by atoms with Gasteiger partial charge in [0, 0.05) is 11.6 Å². The minimum Gasteiger partial charge on any atom is -0.489 e. The van der Waals surface area contributed by atoms with E-state index in [4.69, 9.17) is 26.3 Å². The zero-order valence-corrected chi connectivity index (χ0v) is 12.1. The molecule has 0 aliphatic rings. The van der Waals surface area contributed by atoms with Crippen molar-refractivity contribution in [3.63, 3.8) is 0 Å². The minimum absolute atomic E-state index is 0.202. The van der Waals surface area contributed by atoms with E-state index in [1.165, 1.54) is 7.11 Å². The standard InChI is InChI=1S/C16H12ClNO3/c1-20-16(19)14-5-3-2-4-12(14)10-21-13-7-6-11(9-18)15(17)8-13/h2-8H,10H2,1H3. The van der Waals surface area contributed by atoms with Crippen molar-refractivity contribution in [1.82, 2.24) is 0 Å². The molecule has 106 valence electrons. The number of nitriles is 1. The molecular formula is C16H12ClNO3. The lowest BCUT2D eigenvalue weighted by Crippen LogP contribution is -2.07. The summed E-state index contributed by atoms with van der Waals surface area (Å²) in [4.78, 5) is 11.6. The maximum Gasteiger partial charge on any atom is 0.338 e. The Morgan fingerprint density at radius 3 is 2.71 bits per heavy atom. The first kappa shape index (κ1) is 14.9. The van der Waals surface area contributed by atoms with Gasteiger partial charge in [0.1, 0.15) is 18.4 Å². The smallest absolute Gasteiger partial charge is 0.338 e. The van der Waals surface area contributed by atoms with Gasteiger partial charge in [-0.05, 0) is 18.2 Å². The first-order valence-electron chi connectivity index (χ1n) is 6.14. The van der Waals surface area contributed by atoms with Gasteiger partial charge in [0.05, 0.1) is 23.3 Å². The molecule has 0 saturated heterocycles. The van der Waals surface area contributed by atoms with Crippen LogP contribution in [-0.4, -0.2) is 13.1 Å². The summed E-state index contributed by atoms with van der Waals surface area (Å²) in [5.74, 6) is 0.116. The van der Waals surface area contributed by atoms with Crippen molar-refractivity contribution in [2.45, 2.75) is 6.61 Å². The fraction of sp³-hybridized carbons (Fsp3) is 0.125. The molecule has 0 bridgehead atoms. The Kier molecular flexibility index (Phi) is 4.81. The lowest BCUT2D eigenvalue weighted by atomic mass is 10.1. The first-order chi connectivity index (χ1) is 10.2. The normalized spacial score (nSPS) is 9.76. The lowest BCUT2D eigenvalue weighted by molar-refractivity contribution is 0.0597. The van der Waals surface area contributed by atoms with Gasteiger partial charge in [-0.3, -0.25) is 0 Å². The molecule has 0 aliphatic heterocycles. The van der Waals surface area contributed by atoms with Crippen LogP contribution in [0.4, 0.5) is 0 Å². The number of nitrogens with zero attached hydrogens (tertiary/aromatic N) is 1. The number of carbonyl (C=O) groups excluding carboxylic acids is 1. The van der Waals surface area contributed by atoms with E-state index in [-0.39, 0.29) is 6.61 Å². The molecular weight excluding hydrogens is 290 g/mol. The van der Waals surface area contributed by atoms with Crippen LogP contribution in [0.3, 0.4) is 0 Å². The summed E-state index contributed by atoms with van der Waals surface area (Å²) in [6.45, 7) is 0.202. The summed E-state index contributed by atoms with van der Waals surface area (Å²) in [6, 6.07) is 13.8. The maximum atomic E-state index is 11.6. The van der Waals surface area contributed by atoms with Crippen LogP contribution in [0.5, 0.6) is 5.75 Å². The second kappa shape index (κ2) is 6.78. The molecule has 0 fully saturated rings. The topological polar surface area (TPSA) is 59.3 Å². The highest BCUT2D eigenvalue weighted by Gasteiger charge is 2.11. The zero-order chi connectivity index (χ0) is 15.2. The number of benzene rings is 2. The van der Waals surface area contributed by atoms with Gasteiger partial charge in [0.25, 0.3) is 0 Å². The molecule has 2 aromatic rings. The molecule has 0 radical (unpaired) electrons. The predicted octanol–water partition coefficient (Wildman–Crippen LogP) is 3.58. The van der Waals surface area contributed by atoms with Crippen molar-refractivity contribution < 1.29 is 14.3 Å². The van der Waals surface area contributed by atoms with Gasteiger partial charge in [-0.1, -0.05) is 29.8 Å². The zero-order valence-electron chi connectivity index (χ0n) is 11.3. The third-order valence-corrected chi connectivity index (χ3v) is 3.19. The fourth-order valence-electron chi connectivity index (χ4n) is 1.79. The van der Waals surface area contributed by atoms with E-state index >= 15 is 0 Å². The van der Waals surface area contributed by atoms with Gasteiger partial charge in [0.2, 0.25) is 0 Å². The van der Waals surface area contributed by atoms with Crippen LogP contribution >= 0.6 is 11.6 Å². The van der Waals surface area contributed by atoms with Gasteiger partial charge in [-0.15, -0.1) is 0 Å². The van der Waals surface area contributed by atoms with E-state index < -0.39 is 5.97 Å². The van der Waals surface area contributed by atoms with Crippen LogP contribution < -0.4 is 4.74 Å². The fourth-order valence-corrected chi connectivity index (χ4v) is 2.01. The molecule has 21 heavy (non-hydrogen) atoms. The number of halogens is 1. The van der Waals surface area contributed by atoms with Crippen molar-refractivity contribution in [2.75, 3.05) is 7.11 Å². The van der Waals surface area contributed by atoms with Crippen LogP contribution in [-0.2, 0) is 11.3 Å². The SMILES string of the molecule is COC(=O)c1ccccc1COc1ccc(C#N)c(Cl)c1. The van der Waals surface area contributed by atoms with E-state index in [0.717, 1.165) is 0 Å². The maximum absolute atomic E-state index is 11.6. The Hall–Kier alpha value is -2.51. The largest absolute Gasteiger partial charge is 0.489 e. The Balaban J connectivity index is 2.15. The van der Waals surface area contributed by atoms with Crippen LogP contribution in [0.2, 0.25) is 5.02 Å². The summed E-state index contributed by atoms with van der Waals surface area (Å²) in [6.07, 6.45) is 0. The molecule has 0 heterocycles. The van der Waals surface area contributed by atoms with Crippen molar-refractivity contribution in [3.05, 3.63) is 64.2 Å². The van der Waals surface area contributed by atoms with Gasteiger partial charge >= 0.3 is 5.97 Å². The Labute approximate surface area is 127 Å². The molecule has 4 nitrogen and oxygen atoms in total. The number of esters is 1. The molecule has 0 saturated carbocycles. The highest BCUT2D eigenvalue weighted by Crippen LogP contribution is 2.23. The molecule has 0 amide bonds. The van der Waals surface area contributed by atoms with E-state index in [2.05, 4.69) is 0 Å². The molecule has 2 aromatic carbocycles. The molecule has 0 aromatic heterocycles. The van der Waals surface area contributed by atoms with Gasteiger partial charge < -0.3 is 9.47 Å². The minimum atomic E-state index is -0.410. The highest BCUT2D eigenvalue weighted by molar-refractivity contribution is 6.31. The highest BCUT2D eigenvalue weighted by atomic mass is 35.5. The Morgan fingerprint density at radius 1 is 1.29 bits per heavy atom. The van der Waals surface area contributed by atoms with E-state index in [1.807, 2.05) is 12.1 Å². The quantitative estimate of drug-likeness (QED) is 0.810. The number of rotatable bonds is 4. The summed E-state index contributed by atoms with van der Waals surface area (Å²) < 4.78 is 10.3. The molecule has 0 atom stereocenters. The third-order valence-electron chi connectivity index (χ3n) is 2.88. The molecule has 0 spiro atoms. The van der Waals surface area contributed by atoms with Crippen molar-refractivity contribution in [1.29, 1.82) is 5.26 Å². The monoisotopic (exact) mass is 301 g/mol. The number of methoxy groups -OCH3 is 1. The second-order valence-corrected chi connectivity index (χ2v) is 4.60. The summed E-state index contributed by atoms with van der Waals surface area (Å²) in [5.41, 5.74) is 1.56. The van der Waals surface area contributed by atoms with Crippen LogP contribution in [0.15, 0.2) is 42.5 Å².